The van der Waals surface area contributed by atoms with Crippen molar-refractivity contribution in [3.8, 4) is 0 Å². The second kappa shape index (κ2) is 54.5. The molecule has 0 aromatic rings. The number of esters is 3. The first-order valence-corrected chi connectivity index (χ1v) is 27.9. The van der Waals surface area contributed by atoms with Crippen molar-refractivity contribution in [1.29, 1.82) is 0 Å². The predicted octanol–water partition coefficient (Wildman–Crippen LogP) is 18.6. The molecule has 0 heterocycles. The molecule has 0 unspecified atom stereocenters. The lowest BCUT2D eigenvalue weighted by molar-refractivity contribution is -0.167. The molecule has 0 amide bonds. The first-order chi connectivity index (χ1) is 32.5. The van der Waals surface area contributed by atoms with Gasteiger partial charge in [-0.05, 0) is 89.9 Å². The Balaban J connectivity index is 4.43. The summed E-state index contributed by atoms with van der Waals surface area (Å²) < 4.78 is 16.8. The van der Waals surface area contributed by atoms with E-state index in [1.165, 1.54) is 135 Å². The molecule has 0 bridgehead atoms. The Morgan fingerprint density at radius 2 is 0.591 bits per heavy atom. The Bertz CT molecular complexity index is 1240. The second-order valence-corrected chi connectivity index (χ2v) is 18.5. The van der Waals surface area contributed by atoms with Crippen LogP contribution in [0, 0.1) is 0 Å². The number of hydrogen-bond donors (Lipinski definition) is 0. The van der Waals surface area contributed by atoms with Crippen LogP contribution in [0.3, 0.4) is 0 Å². The summed E-state index contributed by atoms with van der Waals surface area (Å²) in [7, 11) is 0. The van der Waals surface area contributed by atoms with Gasteiger partial charge in [-0.1, -0.05) is 235 Å². The van der Waals surface area contributed by atoms with Gasteiger partial charge in [-0.3, -0.25) is 14.4 Å². The van der Waals surface area contributed by atoms with Crippen molar-refractivity contribution in [2.24, 2.45) is 0 Å². The molecule has 380 valence electrons. The maximum Gasteiger partial charge on any atom is 0.306 e. The minimum atomic E-state index is -0.793. The summed E-state index contributed by atoms with van der Waals surface area (Å²) in [5.74, 6) is -0.918. The Hall–Kier alpha value is -3.15. The Morgan fingerprint density at radius 3 is 0.955 bits per heavy atom. The van der Waals surface area contributed by atoms with Crippen molar-refractivity contribution >= 4 is 17.9 Å². The SMILES string of the molecule is CC/C=C\C/C=C\C/C=C\C/C=C\C/C=C\CCCCCC(=O)O[C@H](COC(=O)CCCCCCCCC/C=C\CCCCCCCC)COC(=O)CCCCCCCCCCCCCC. The van der Waals surface area contributed by atoms with Gasteiger partial charge in [-0.15, -0.1) is 0 Å². The fourth-order valence-electron chi connectivity index (χ4n) is 7.76. The molecule has 66 heavy (non-hydrogen) atoms. The molecule has 6 nitrogen and oxygen atoms in total. The smallest absolute Gasteiger partial charge is 0.306 e. The van der Waals surface area contributed by atoms with E-state index >= 15 is 0 Å². The molecule has 0 aromatic carbocycles. The normalized spacial score (nSPS) is 12.6. The zero-order chi connectivity index (χ0) is 47.9. The van der Waals surface area contributed by atoms with E-state index in [0.717, 1.165) is 96.3 Å². The first kappa shape index (κ1) is 62.8. The van der Waals surface area contributed by atoms with Gasteiger partial charge in [0, 0.05) is 19.3 Å². The lowest BCUT2D eigenvalue weighted by Gasteiger charge is -2.18. The van der Waals surface area contributed by atoms with Crippen LogP contribution < -0.4 is 0 Å². The molecular weight excluding hydrogens is 817 g/mol. The number of carbonyl (C=O) groups is 3. The minimum Gasteiger partial charge on any atom is -0.462 e. The first-order valence-electron chi connectivity index (χ1n) is 27.9. The molecule has 1 atom stereocenters. The van der Waals surface area contributed by atoms with Gasteiger partial charge >= 0.3 is 17.9 Å². The fourth-order valence-corrected chi connectivity index (χ4v) is 7.76. The lowest BCUT2D eigenvalue weighted by Crippen LogP contribution is -2.30. The summed E-state index contributed by atoms with van der Waals surface area (Å²) >= 11 is 0. The average molecular weight is 921 g/mol. The third kappa shape index (κ3) is 51.8. The molecule has 0 aliphatic heterocycles. The van der Waals surface area contributed by atoms with Crippen molar-refractivity contribution in [1.82, 2.24) is 0 Å². The highest BCUT2D eigenvalue weighted by molar-refractivity contribution is 5.71. The van der Waals surface area contributed by atoms with E-state index in [1.807, 2.05) is 0 Å². The van der Waals surface area contributed by atoms with Gasteiger partial charge in [0.25, 0.3) is 0 Å². The van der Waals surface area contributed by atoms with Crippen LogP contribution in [0.25, 0.3) is 0 Å². The maximum atomic E-state index is 12.8. The predicted molar refractivity (Wildman–Crippen MR) is 284 cm³/mol. The van der Waals surface area contributed by atoms with E-state index in [4.69, 9.17) is 14.2 Å². The van der Waals surface area contributed by atoms with E-state index in [-0.39, 0.29) is 31.1 Å². The molecular formula is C60H104O6. The molecule has 0 rings (SSSR count). The number of rotatable bonds is 50. The van der Waals surface area contributed by atoms with E-state index in [9.17, 15) is 14.4 Å². The van der Waals surface area contributed by atoms with Crippen molar-refractivity contribution < 1.29 is 28.6 Å². The third-order valence-corrected chi connectivity index (χ3v) is 11.9. The Kier molecular flexibility index (Phi) is 51.9. The number of ether oxygens (including phenoxy) is 3. The van der Waals surface area contributed by atoms with Crippen LogP contribution >= 0.6 is 0 Å². The van der Waals surface area contributed by atoms with Crippen molar-refractivity contribution in [3.05, 3.63) is 72.9 Å². The largest absolute Gasteiger partial charge is 0.462 e. The van der Waals surface area contributed by atoms with Gasteiger partial charge in [0.05, 0.1) is 0 Å². The van der Waals surface area contributed by atoms with Crippen LogP contribution in [0.15, 0.2) is 72.9 Å². The standard InChI is InChI=1S/C60H104O6/c1-4-7-10-13-16-19-22-25-27-29-30-32-34-36-39-42-45-48-51-54-60(63)66-57(55-64-58(61)52-49-46-43-40-37-24-21-18-15-12-9-6-3)56-65-59(62)53-50-47-44-41-38-35-33-31-28-26-23-20-17-14-11-8-5-2/h7,10,16,19,25-28,30,32,36,39,57H,4-6,8-9,11-15,17-18,20-24,29,31,33-35,37-38,40-56H2,1-3H3/b10-7-,19-16-,27-25-,28-26-,32-30-,39-36-/t57-/m0/s1. The van der Waals surface area contributed by atoms with E-state index in [0.29, 0.717) is 19.3 Å². The molecule has 0 saturated heterocycles. The minimum absolute atomic E-state index is 0.0882. The highest BCUT2D eigenvalue weighted by Crippen LogP contribution is 2.15. The number of carbonyl (C=O) groups excluding carboxylic acids is 3. The number of allylic oxidation sites excluding steroid dienone is 12. The highest BCUT2D eigenvalue weighted by Gasteiger charge is 2.19. The van der Waals surface area contributed by atoms with Crippen LogP contribution in [0.1, 0.15) is 271 Å². The monoisotopic (exact) mass is 921 g/mol. The summed E-state index contributed by atoms with van der Waals surface area (Å²) in [6, 6.07) is 0. The lowest BCUT2D eigenvalue weighted by atomic mass is 10.0. The zero-order valence-corrected chi connectivity index (χ0v) is 43.4. The van der Waals surface area contributed by atoms with E-state index < -0.39 is 6.10 Å². The van der Waals surface area contributed by atoms with E-state index in [2.05, 4.69) is 93.7 Å². The van der Waals surface area contributed by atoms with Crippen LogP contribution in [-0.4, -0.2) is 37.2 Å². The Morgan fingerprint density at radius 1 is 0.318 bits per heavy atom. The van der Waals surface area contributed by atoms with Crippen LogP contribution in [0.4, 0.5) is 0 Å². The van der Waals surface area contributed by atoms with Crippen LogP contribution in [0.5, 0.6) is 0 Å². The Labute approximate surface area is 408 Å². The highest BCUT2D eigenvalue weighted by atomic mass is 16.6. The number of hydrogen-bond acceptors (Lipinski definition) is 6. The van der Waals surface area contributed by atoms with Gasteiger partial charge in [0.1, 0.15) is 13.2 Å². The summed E-state index contributed by atoms with van der Waals surface area (Å²) in [5, 5.41) is 0. The van der Waals surface area contributed by atoms with Crippen LogP contribution in [0.2, 0.25) is 0 Å². The third-order valence-electron chi connectivity index (χ3n) is 11.9. The van der Waals surface area contributed by atoms with Gasteiger partial charge in [0.15, 0.2) is 6.10 Å². The summed E-state index contributed by atoms with van der Waals surface area (Å²) in [6.07, 6.45) is 68.9. The molecule has 0 aromatic heterocycles. The van der Waals surface area contributed by atoms with Gasteiger partial charge in [-0.2, -0.15) is 0 Å². The molecule has 0 saturated carbocycles. The van der Waals surface area contributed by atoms with Crippen LogP contribution in [-0.2, 0) is 28.6 Å². The summed E-state index contributed by atoms with van der Waals surface area (Å²) in [6.45, 7) is 6.50. The summed E-state index contributed by atoms with van der Waals surface area (Å²) in [5.41, 5.74) is 0. The zero-order valence-electron chi connectivity index (χ0n) is 43.4. The molecule has 0 aliphatic carbocycles. The second-order valence-electron chi connectivity index (χ2n) is 18.5. The van der Waals surface area contributed by atoms with Crippen molar-refractivity contribution in [2.45, 2.75) is 277 Å². The molecule has 0 spiro atoms. The molecule has 0 fully saturated rings. The quantitative estimate of drug-likeness (QED) is 0.0262. The summed E-state index contributed by atoms with van der Waals surface area (Å²) in [4.78, 5) is 38.1. The fraction of sp³-hybridized carbons (Fsp3) is 0.750. The maximum absolute atomic E-state index is 12.8. The van der Waals surface area contributed by atoms with E-state index in [1.54, 1.807) is 0 Å². The van der Waals surface area contributed by atoms with Crippen molar-refractivity contribution in [2.75, 3.05) is 13.2 Å². The van der Waals surface area contributed by atoms with Gasteiger partial charge in [-0.25, -0.2) is 0 Å². The molecule has 0 N–H and O–H groups in total. The number of unbranched alkanes of at least 4 members (excludes halogenated alkanes) is 27. The van der Waals surface area contributed by atoms with Gasteiger partial charge in [0.2, 0.25) is 0 Å². The van der Waals surface area contributed by atoms with Crippen molar-refractivity contribution in [3.63, 3.8) is 0 Å². The molecule has 0 aliphatic rings. The van der Waals surface area contributed by atoms with Gasteiger partial charge < -0.3 is 14.2 Å². The molecule has 6 heteroatoms. The topological polar surface area (TPSA) is 78.9 Å². The molecule has 0 radical (unpaired) electrons. The average Bonchev–Trinajstić information content (AvgIpc) is 3.31.